The summed E-state index contributed by atoms with van der Waals surface area (Å²) in [5.74, 6) is 0.196. The number of rotatable bonds is 0. The average molecular weight is 466 g/mol. The van der Waals surface area contributed by atoms with Crippen LogP contribution in [-0.4, -0.2) is 51.1 Å². The third-order valence-corrected chi connectivity index (χ3v) is 9.88. The normalized spacial score (nSPS) is 43.9. The van der Waals surface area contributed by atoms with Crippen molar-refractivity contribution in [2.75, 3.05) is 6.54 Å². The van der Waals surface area contributed by atoms with Gasteiger partial charge in [0.05, 0.1) is 11.1 Å². The minimum atomic E-state index is -1.55. The Balaban J connectivity index is 1.43. The number of quaternary nitrogens is 1. The van der Waals surface area contributed by atoms with Gasteiger partial charge in [0.15, 0.2) is 5.60 Å². The number of carbonyl (C=O) groups is 2. The van der Waals surface area contributed by atoms with Crippen molar-refractivity contribution in [2.24, 2.45) is 11.3 Å². The first-order valence-corrected chi connectivity index (χ1v) is 12.3. The number of fused-ring (bicyclic) bond motifs is 6. The Bertz CT molecular complexity index is 1220. The summed E-state index contributed by atoms with van der Waals surface area (Å²) in [6, 6.07) is 2.90. The van der Waals surface area contributed by atoms with E-state index in [0.717, 1.165) is 6.42 Å². The minimum absolute atomic E-state index is 0.0174. The van der Waals surface area contributed by atoms with Gasteiger partial charge < -0.3 is 30.3 Å². The number of nitrogens with zero attached hydrogens (tertiary/aromatic N) is 1. The molecule has 7 aliphatic rings. The van der Waals surface area contributed by atoms with Crippen molar-refractivity contribution in [1.29, 1.82) is 0 Å². The van der Waals surface area contributed by atoms with Gasteiger partial charge in [0.25, 0.3) is 0 Å². The van der Waals surface area contributed by atoms with Crippen molar-refractivity contribution in [1.82, 2.24) is 10.2 Å². The maximum absolute atomic E-state index is 14.1. The molecule has 2 bridgehead atoms. The zero-order valence-electron chi connectivity index (χ0n) is 20.0. The molecule has 1 aliphatic carbocycles. The number of hydrogen-bond donors (Lipinski definition) is 3. The highest BCUT2D eigenvalue weighted by molar-refractivity contribution is 6.05. The molecule has 0 radical (unpaired) electrons. The fourth-order valence-corrected chi connectivity index (χ4v) is 8.59. The summed E-state index contributed by atoms with van der Waals surface area (Å²) in [7, 11) is 0. The number of piperazine rings is 1. The first-order chi connectivity index (χ1) is 15.9. The van der Waals surface area contributed by atoms with E-state index >= 15 is 0 Å². The van der Waals surface area contributed by atoms with Crippen molar-refractivity contribution in [2.45, 2.75) is 81.7 Å². The molecule has 2 spiro atoms. The second kappa shape index (κ2) is 5.69. The molecule has 8 nitrogen and oxygen atoms in total. The van der Waals surface area contributed by atoms with E-state index in [1.54, 1.807) is 11.0 Å². The zero-order valence-corrected chi connectivity index (χ0v) is 20.0. The van der Waals surface area contributed by atoms with E-state index in [9.17, 15) is 19.9 Å². The molecule has 5 fully saturated rings. The molecular formula is C26H31N3O5. The number of ether oxygens (including phenoxy) is 1. The molecule has 8 rings (SSSR count). The molecule has 2 unspecified atom stereocenters. The van der Waals surface area contributed by atoms with E-state index in [1.165, 1.54) is 0 Å². The maximum atomic E-state index is 14.1. The highest BCUT2D eigenvalue weighted by Crippen LogP contribution is 2.64. The lowest BCUT2D eigenvalue weighted by atomic mass is 9.46. The van der Waals surface area contributed by atoms with Crippen LogP contribution in [0.2, 0.25) is 0 Å². The summed E-state index contributed by atoms with van der Waals surface area (Å²) in [5, 5.41) is 29.5. The van der Waals surface area contributed by atoms with Gasteiger partial charge in [-0.2, -0.15) is 0 Å². The molecule has 0 aromatic heterocycles. The largest absolute Gasteiger partial charge is 0.629 e. The third kappa shape index (κ3) is 2.05. The van der Waals surface area contributed by atoms with E-state index in [-0.39, 0.29) is 29.2 Å². The molecule has 1 saturated carbocycles. The molecule has 1 aromatic rings. The van der Waals surface area contributed by atoms with E-state index in [4.69, 9.17) is 4.74 Å². The molecule has 8 heteroatoms. The molecule has 4 saturated heterocycles. The van der Waals surface area contributed by atoms with Gasteiger partial charge in [0, 0.05) is 24.3 Å². The predicted octanol–water partition coefficient (Wildman–Crippen LogP) is 1.13. The molecule has 6 atom stereocenters. The third-order valence-electron chi connectivity index (χ3n) is 9.88. The van der Waals surface area contributed by atoms with Crippen LogP contribution in [0.5, 0.6) is 5.75 Å². The lowest BCUT2D eigenvalue weighted by Gasteiger charge is -2.67. The first kappa shape index (κ1) is 20.9. The van der Waals surface area contributed by atoms with Crippen molar-refractivity contribution < 1.29 is 24.5 Å². The number of hydroxylamine groups is 1. The summed E-state index contributed by atoms with van der Waals surface area (Å²) >= 11 is 0. The number of hydrogen-bond acceptors (Lipinski definition) is 5. The molecular weight excluding hydrogens is 434 g/mol. The van der Waals surface area contributed by atoms with Crippen LogP contribution in [0.1, 0.15) is 64.5 Å². The van der Waals surface area contributed by atoms with Crippen LogP contribution >= 0.6 is 0 Å². The highest BCUT2D eigenvalue weighted by Gasteiger charge is 2.79. The van der Waals surface area contributed by atoms with Crippen LogP contribution in [-0.2, 0) is 15.2 Å². The summed E-state index contributed by atoms with van der Waals surface area (Å²) in [6.45, 7) is 8.48. The first-order valence-electron chi connectivity index (χ1n) is 12.3. The van der Waals surface area contributed by atoms with Gasteiger partial charge in [0.1, 0.15) is 34.2 Å². The molecule has 1 aromatic carbocycles. The Morgan fingerprint density at radius 3 is 2.76 bits per heavy atom. The summed E-state index contributed by atoms with van der Waals surface area (Å²) < 4.78 is 6.12. The Labute approximate surface area is 198 Å². The van der Waals surface area contributed by atoms with Crippen molar-refractivity contribution >= 4 is 23.6 Å². The lowest BCUT2D eigenvalue weighted by molar-refractivity contribution is -0.822. The number of amides is 2. The Morgan fingerprint density at radius 1 is 1.24 bits per heavy atom. The number of carbonyl (C=O) groups excluding carboxylic acids is 2. The van der Waals surface area contributed by atoms with Gasteiger partial charge >= 0.3 is 0 Å². The number of nitrogens with one attached hydrogen (secondary N) is 2. The summed E-state index contributed by atoms with van der Waals surface area (Å²) in [6.07, 6.45) is 5.86. The van der Waals surface area contributed by atoms with Gasteiger partial charge in [-0.3, -0.25) is 9.59 Å². The van der Waals surface area contributed by atoms with Gasteiger partial charge in [-0.25, -0.2) is 0 Å². The minimum Gasteiger partial charge on any atom is -0.629 e. The monoisotopic (exact) mass is 465 g/mol. The number of benzene rings is 1. The molecule has 2 amide bonds. The van der Waals surface area contributed by atoms with E-state index < -0.39 is 33.7 Å². The zero-order chi connectivity index (χ0) is 24.1. The second-order valence-electron chi connectivity index (χ2n) is 12.4. The van der Waals surface area contributed by atoms with Crippen LogP contribution in [0, 0.1) is 16.5 Å². The van der Waals surface area contributed by atoms with Crippen LogP contribution < -0.4 is 15.1 Å². The maximum Gasteiger partial charge on any atom is 0.249 e. The summed E-state index contributed by atoms with van der Waals surface area (Å²) in [4.78, 5) is 29.1. The Hall–Kier alpha value is -2.42. The standard InChI is InChI=1S/C26H31N3O5/c1-22(2)10-8-14-16(34-22)7-6-15-18(14)29(33)19-23(3,4)17-12-24-9-5-11-28(24)21(31)25(17,27-20(24)30)13-26(15,19)32/h6-8,10,17,19,29,32H,5,9,11-13H2,1-4H3,(H,27,30)/t17-,19?,24-,25-,26+/m1/s1. The quantitative estimate of drug-likeness (QED) is 0.498. The molecule has 180 valence electrons. The van der Waals surface area contributed by atoms with Crippen LogP contribution in [0.25, 0.3) is 6.08 Å². The number of piperidine rings is 2. The van der Waals surface area contributed by atoms with Crippen LogP contribution in [0.15, 0.2) is 18.2 Å². The van der Waals surface area contributed by atoms with Gasteiger partial charge in [-0.15, -0.1) is 0 Å². The van der Waals surface area contributed by atoms with Crippen molar-refractivity contribution in [3.05, 3.63) is 34.5 Å². The van der Waals surface area contributed by atoms with Crippen LogP contribution in [0.3, 0.4) is 0 Å². The fourth-order valence-electron chi connectivity index (χ4n) is 8.59. The average Bonchev–Trinajstić information content (AvgIpc) is 3.27. The van der Waals surface area contributed by atoms with E-state index in [0.29, 0.717) is 42.0 Å². The highest BCUT2D eigenvalue weighted by atomic mass is 16.5. The Morgan fingerprint density at radius 2 is 2.00 bits per heavy atom. The predicted molar refractivity (Wildman–Crippen MR) is 123 cm³/mol. The Kier molecular flexibility index (Phi) is 3.50. The van der Waals surface area contributed by atoms with E-state index in [2.05, 4.69) is 5.32 Å². The smallest absolute Gasteiger partial charge is 0.249 e. The van der Waals surface area contributed by atoms with Gasteiger partial charge in [-0.1, -0.05) is 13.8 Å². The second-order valence-corrected chi connectivity index (χ2v) is 12.4. The van der Waals surface area contributed by atoms with Crippen LogP contribution in [0.4, 0.5) is 5.69 Å². The van der Waals surface area contributed by atoms with Gasteiger partial charge in [0.2, 0.25) is 11.8 Å². The summed E-state index contributed by atoms with van der Waals surface area (Å²) in [5.41, 5.74) is -3.04. The molecule has 34 heavy (non-hydrogen) atoms. The lowest BCUT2D eigenvalue weighted by Crippen LogP contribution is -3.10. The van der Waals surface area contributed by atoms with Crippen molar-refractivity contribution in [3.8, 4) is 5.75 Å². The SMILES string of the molecule is CC1(C)C=Cc2c(ccc3c2[NH+]([O-])C2C(C)(C)[C@H]4C[C@@]56CCCN5C(=O)[C@]4(C[C@]32O)NC6=O)O1. The fraction of sp³-hybridized carbons (Fsp3) is 0.615. The van der Waals surface area contributed by atoms with E-state index in [1.807, 2.05) is 45.9 Å². The van der Waals surface area contributed by atoms with Gasteiger partial charge in [-0.05, 0) is 57.4 Å². The molecule has 6 heterocycles. The number of aliphatic hydroxyl groups is 1. The topological polar surface area (TPSA) is 106 Å². The molecule has 3 N–H and O–H groups in total. The van der Waals surface area contributed by atoms with Crippen molar-refractivity contribution in [3.63, 3.8) is 0 Å². The molecule has 6 aliphatic heterocycles.